The molecule has 1 radical (unpaired) electrons. The molecule has 0 aromatic carbocycles. The van der Waals surface area contributed by atoms with E-state index in [9.17, 15) is 0 Å². The molecule has 0 rings (SSSR count). The van der Waals surface area contributed by atoms with Crippen LogP contribution in [0, 0.1) is 11.2 Å². The molecule has 49 valence electrons. The van der Waals surface area contributed by atoms with Crippen LogP contribution in [0.1, 0.15) is 20.8 Å². The topological polar surface area (TPSA) is 0 Å². The summed E-state index contributed by atoms with van der Waals surface area (Å²) in [6.07, 6.45) is 0. The lowest BCUT2D eigenvalue weighted by atomic mass is 10.0. The van der Waals surface area contributed by atoms with Crippen LogP contribution < -0.4 is 0 Å². The average molecular weight is 243 g/mol. The maximum atomic E-state index is 3.54. The summed E-state index contributed by atoms with van der Waals surface area (Å²) in [5, 5.41) is 1.99. The van der Waals surface area contributed by atoms with Crippen molar-refractivity contribution in [1.29, 1.82) is 0 Å². The molecule has 1 atom stereocenters. The Morgan fingerprint density at radius 2 is 1.88 bits per heavy atom. The second-order valence-electron chi connectivity index (χ2n) is 2.42. The Morgan fingerprint density at radius 1 is 1.50 bits per heavy atom. The van der Waals surface area contributed by atoms with E-state index in [1.165, 1.54) is 0 Å². The van der Waals surface area contributed by atoms with E-state index in [1.54, 1.807) is 0 Å². The van der Waals surface area contributed by atoms with Gasteiger partial charge in [-0.3, -0.25) is 0 Å². The van der Waals surface area contributed by atoms with Gasteiger partial charge in [0.1, 0.15) is 0 Å². The van der Waals surface area contributed by atoms with E-state index in [2.05, 4.69) is 52.6 Å². The molecule has 0 nitrogen and oxygen atoms in total. The van der Waals surface area contributed by atoms with E-state index < -0.39 is 0 Å². The quantitative estimate of drug-likeness (QED) is 0.652. The molecule has 0 aliphatic rings. The summed E-state index contributed by atoms with van der Waals surface area (Å²) in [6.45, 7) is 6.48. The summed E-state index contributed by atoms with van der Waals surface area (Å²) in [5.74, 6) is 0.627. The van der Waals surface area contributed by atoms with Gasteiger partial charge in [0, 0.05) is 9.65 Å². The third kappa shape index (κ3) is 2.49. The first-order valence-electron chi connectivity index (χ1n) is 2.64. The van der Waals surface area contributed by atoms with Crippen LogP contribution in [0.5, 0.6) is 0 Å². The van der Waals surface area contributed by atoms with Crippen LogP contribution in [-0.4, -0.2) is 4.32 Å². The lowest BCUT2D eigenvalue weighted by Gasteiger charge is -2.23. The van der Waals surface area contributed by atoms with Gasteiger partial charge in [-0.15, -0.1) is 0 Å². The van der Waals surface area contributed by atoms with Crippen molar-refractivity contribution in [2.75, 3.05) is 0 Å². The summed E-state index contributed by atoms with van der Waals surface area (Å²) < 4.78 is 0.146. The zero-order valence-electron chi connectivity index (χ0n) is 5.41. The highest BCUT2D eigenvalue weighted by Gasteiger charge is 2.22. The van der Waals surface area contributed by atoms with E-state index in [0.29, 0.717) is 5.92 Å². The lowest BCUT2D eigenvalue weighted by Crippen LogP contribution is -2.21. The summed E-state index contributed by atoms with van der Waals surface area (Å²) >= 11 is 6.84. The van der Waals surface area contributed by atoms with Gasteiger partial charge in [-0.2, -0.15) is 0 Å². The van der Waals surface area contributed by atoms with Crippen molar-refractivity contribution in [1.82, 2.24) is 0 Å². The summed E-state index contributed by atoms with van der Waals surface area (Å²) in [6, 6.07) is 0. The molecule has 0 amide bonds. The lowest BCUT2D eigenvalue weighted by molar-refractivity contribution is 0.550. The third-order valence-corrected chi connectivity index (χ3v) is 4.05. The first-order valence-corrected chi connectivity index (χ1v) is 4.35. The van der Waals surface area contributed by atoms with Crippen LogP contribution in [0.2, 0.25) is 0 Å². The van der Waals surface area contributed by atoms with Gasteiger partial charge in [-0.1, -0.05) is 45.7 Å². The molecule has 0 bridgehead atoms. The second-order valence-corrected chi connectivity index (χ2v) is 4.58. The van der Waals surface area contributed by atoms with Crippen LogP contribution in [-0.2, 0) is 0 Å². The molecular formula is C6H11Br2. The first-order chi connectivity index (χ1) is 3.50. The molecule has 1 unspecified atom stereocenters. The van der Waals surface area contributed by atoms with Gasteiger partial charge in [-0.05, 0) is 12.8 Å². The molecule has 0 aromatic heterocycles. The molecule has 8 heavy (non-hydrogen) atoms. The number of hydrogen-bond acceptors (Lipinski definition) is 0. The van der Waals surface area contributed by atoms with E-state index in [4.69, 9.17) is 0 Å². The molecule has 0 heterocycles. The van der Waals surface area contributed by atoms with Gasteiger partial charge in [0.25, 0.3) is 0 Å². The van der Waals surface area contributed by atoms with Gasteiger partial charge < -0.3 is 0 Å². The largest absolute Gasteiger partial charge is 0.0863 e. The number of halogens is 2. The highest BCUT2D eigenvalue weighted by molar-refractivity contribution is 9.13. The molecule has 0 N–H and O–H groups in total. The summed E-state index contributed by atoms with van der Waals surface area (Å²) in [4.78, 5) is 0. The highest BCUT2D eigenvalue weighted by atomic mass is 79.9. The van der Waals surface area contributed by atoms with E-state index in [-0.39, 0.29) is 4.32 Å². The molecule has 0 aliphatic heterocycles. The molecule has 2 heteroatoms. The number of rotatable bonds is 2. The Bertz CT molecular complexity index is 66.9. The minimum absolute atomic E-state index is 0.146. The Labute approximate surface area is 68.3 Å². The molecule has 0 saturated heterocycles. The van der Waals surface area contributed by atoms with E-state index in [1.807, 2.05) is 5.33 Å². The minimum Gasteiger partial charge on any atom is -0.0863 e. The van der Waals surface area contributed by atoms with Crippen LogP contribution in [0.4, 0.5) is 0 Å². The van der Waals surface area contributed by atoms with Crippen molar-refractivity contribution in [3.05, 3.63) is 5.33 Å². The fourth-order valence-electron chi connectivity index (χ4n) is 0.126. The van der Waals surface area contributed by atoms with Crippen molar-refractivity contribution in [2.24, 2.45) is 5.92 Å². The second kappa shape index (κ2) is 3.21. The van der Waals surface area contributed by atoms with Crippen LogP contribution in [0.3, 0.4) is 0 Å². The minimum atomic E-state index is 0.146. The van der Waals surface area contributed by atoms with Gasteiger partial charge >= 0.3 is 0 Å². The van der Waals surface area contributed by atoms with Gasteiger partial charge in [0.15, 0.2) is 0 Å². The molecule has 0 saturated carbocycles. The van der Waals surface area contributed by atoms with Crippen molar-refractivity contribution >= 4 is 31.9 Å². The molecular weight excluding hydrogens is 232 g/mol. The first kappa shape index (κ1) is 8.96. The maximum absolute atomic E-state index is 3.54. The fourth-order valence-corrected chi connectivity index (χ4v) is 0.655. The molecule has 0 spiro atoms. The van der Waals surface area contributed by atoms with Gasteiger partial charge in [0.05, 0.1) is 0 Å². The van der Waals surface area contributed by atoms with Crippen molar-refractivity contribution in [2.45, 2.75) is 25.1 Å². The highest BCUT2D eigenvalue weighted by Crippen LogP contribution is 2.31. The predicted molar refractivity (Wildman–Crippen MR) is 45.4 cm³/mol. The summed E-state index contributed by atoms with van der Waals surface area (Å²) in [7, 11) is 0. The maximum Gasteiger partial charge on any atom is 0.0437 e. The van der Waals surface area contributed by atoms with Crippen molar-refractivity contribution in [3.8, 4) is 0 Å². The van der Waals surface area contributed by atoms with Crippen molar-refractivity contribution < 1.29 is 0 Å². The van der Waals surface area contributed by atoms with Crippen molar-refractivity contribution in [3.63, 3.8) is 0 Å². The van der Waals surface area contributed by atoms with E-state index in [0.717, 1.165) is 0 Å². The zero-order chi connectivity index (χ0) is 6.78. The monoisotopic (exact) mass is 241 g/mol. The Kier molecular flexibility index (Phi) is 3.60. The van der Waals surface area contributed by atoms with Gasteiger partial charge in [-0.25, -0.2) is 0 Å². The zero-order valence-corrected chi connectivity index (χ0v) is 8.58. The average Bonchev–Trinajstić information content (AvgIpc) is 1.67. The molecule has 0 fully saturated rings. The van der Waals surface area contributed by atoms with Crippen LogP contribution in [0.25, 0.3) is 0 Å². The predicted octanol–water partition coefficient (Wildman–Crippen LogP) is 3.35. The Morgan fingerprint density at radius 3 is 1.88 bits per heavy atom. The third-order valence-electron chi connectivity index (χ3n) is 1.34. The standard InChI is InChI=1S/C6H11Br2/c1-5(2)6(3,8)4-7/h4-5H,1-3H3. The SMILES string of the molecule is CC(C)C(C)(Br)[CH]Br. The number of hydrogen-bond donors (Lipinski definition) is 0. The summed E-state index contributed by atoms with van der Waals surface area (Å²) in [5.41, 5.74) is 0. The molecule has 0 aromatic rings. The normalized spacial score (nSPS) is 18.8. The van der Waals surface area contributed by atoms with Gasteiger partial charge in [0.2, 0.25) is 0 Å². The number of alkyl halides is 1. The smallest absolute Gasteiger partial charge is 0.0437 e. The Hall–Kier alpha value is 0.960. The van der Waals surface area contributed by atoms with Crippen LogP contribution >= 0.6 is 31.9 Å². The Balaban J connectivity index is 3.71. The van der Waals surface area contributed by atoms with E-state index >= 15 is 0 Å². The molecule has 0 aliphatic carbocycles. The fraction of sp³-hybridized carbons (Fsp3) is 0.833. The van der Waals surface area contributed by atoms with Crippen LogP contribution in [0.15, 0.2) is 0 Å².